The smallest absolute Gasteiger partial charge is 0.0542 e. The minimum absolute atomic E-state index is 0.620. The molecule has 0 saturated heterocycles. The van der Waals surface area contributed by atoms with Crippen molar-refractivity contribution in [1.82, 2.24) is 5.32 Å². The largest absolute Gasteiger partial charge is 0.319 e. The predicted octanol–water partition coefficient (Wildman–Crippen LogP) is 3.94. The number of nitrogens with one attached hydrogen (secondary N) is 1. The standard InChI is InChI=1S/C11H15Cl2NS/c1-8(6-14-2)7-15-11-5-9(12)3-4-10(11)13/h3-5,8,14H,6-7H2,1-2H3. The van der Waals surface area contributed by atoms with Crippen molar-refractivity contribution in [3.63, 3.8) is 0 Å². The SMILES string of the molecule is CNCC(C)CSc1cc(Cl)ccc1Cl. The van der Waals surface area contributed by atoms with Crippen molar-refractivity contribution in [3.05, 3.63) is 28.2 Å². The molecule has 1 nitrogen and oxygen atoms in total. The van der Waals surface area contributed by atoms with Crippen LogP contribution in [0.1, 0.15) is 6.92 Å². The first-order chi connectivity index (χ1) is 7.13. The lowest BCUT2D eigenvalue weighted by molar-refractivity contribution is 0.603. The van der Waals surface area contributed by atoms with Gasteiger partial charge in [0, 0.05) is 15.7 Å². The maximum absolute atomic E-state index is 6.06. The molecule has 84 valence electrons. The number of halogens is 2. The van der Waals surface area contributed by atoms with Crippen LogP contribution in [0, 0.1) is 5.92 Å². The lowest BCUT2D eigenvalue weighted by atomic mass is 10.2. The average Bonchev–Trinajstić information content (AvgIpc) is 2.20. The topological polar surface area (TPSA) is 12.0 Å². The number of hydrogen-bond acceptors (Lipinski definition) is 2. The molecule has 1 rings (SSSR count). The Bertz CT molecular complexity index is 317. The van der Waals surface area contributed by atoms with Gasteiger partial charge in [-0.3, -0.25) is 0 Å². The fourth-order valence-electron chi connectivity index (χ4n) is 1.23. The van der Waals surface area contributed by atoms with Gasteiger partial charge in [0.2, 0.25) is 0 Å². The third-order valence-corrected chi connectivity index (χ3v) is 4.03. The molecule has 0 aromatic heterocycles. The molecule has 1 unspecified atom stereocenters. The summed E-state index contributed by atoms with van der Waals surface area (Å²) in [6.45, 7) is 3.23. The Balaban J connectivity index is 2.53. The first kappa shape index (κ1) is 13.2. The summed E-state index contributed by atoms with van der Waals surface area (Å²) < 4.78 is 0. The molecule has 0 aliphatic rings. The molecule has 0 radical (unpaired) electrons. The van der Waals surface area contributed by atoms with Crippen molar-refractivity contribution in [2.75, 3.05) is 19.3 Å². The van der Waals surface area contributed by atoms with Crippen molar-refractivity contribution in [2.24, 2.45) is 5.92 Å². The Morgan fingerprint density at radius 2 is 2.13 bits per heavy atom. The zero-order chi connectivity index (χ0) is 11.3. The Morgan fingerprint density at radius 3 is 2.80 bits per heavy atom. The molecule has 0 bridgehead atoms. The van der Waals surface area contributed by atoms with E-state index in [4.69, 9.17) is 23.2 Å². The molecular formula is C11H15Cl2NS. The highest BCUT2D eigenvalue weighted by atomic mass is 35.5. The fourth-order valence-corrected chi connectivity index (χ4v) is 2.74. The van der Waals surface area contributed by atoms with E-state index >= 15 is 0 Å². The van der Waals surface area contributed by atoms with Crippen molar-refractivity contribution < 1.29 is 0 Å². The van der Waals surface area contributed by atoms with E-state index < -0.39 is 0 Å². The van der Waals surface area contributed by atoms with Gasteiger partial charge in [-0.2, -0.15) is 0 Å². The van der Waals surface area contributed by atoms with Crippen molar-refractivity contribution in [2.45, 2.75) is 11.8 Å². The van der Waals surface area contributed by atoms with Crippen LogP contribution >= 0.6 is 35.0 Å². The molecule has 0 heterocycles. The van der Waals surface area contributed by atoms with Crippen LogP contribution in [0.4, 0.5) is 0 Å². The molecule has 4 heteroatoms. The van der Waals surface area contributed by atoms with E-state index in [1.165, 1.54) is 0 Å². The summed E-state index contributed by atoms with van der Waals surface area (Å²) in [6, 6.07) is 5.57. The third kappa shape index (κ3) is 4.64. The summed E-state index contributed by atoms with van der Waals surface area (Å²) in [6.07, 6.45) is 0. The predicted molar refractivity (Wildman–Crippen MR) is 70.3 cm³/mol. The maximum Gasteiger partial charge on any atom is 0.0542 e. The zero-order valence-electron chi connectivity index (χ0n) is 8.89. The molecule has 1 aromatic rings. The molecule has 0 amide bonds. The Labute approximate surface area is 106 Å². The van der Waals surface area contributed by atoms with Crippen LogP contribution in [-0.2, 0) is 0 Å². The third-order valence-electron chi connectivity index (χ3n) is 1.97. The number of thioether (sulfide) groups is 1. The van der Waals surface area contributed by atoms with Crippen molar-refractivity contribution in [3.8, 4) is 0 Å². The maximum atomic E-state index is 6.06. The first-order valence-corrected chi connectivity index (χ1v) is 6.60. The van der Waals surface area contributed by atoms with Gasteiger partial charge in [0.15, 0.2) is 0 Å². The van der Waals surface area contributed by atoms with E-state index in [0.29, 0.717) is 5.92 Å². The van der Waals surface area contributed by atoms with Gasteiger partial charge >= 0.3 is 0 Å². The highest BCUT2D eigenvalue weighted by Gasteiger charge is 2.05. The summed E-state index contributed by atoms with van der Waals surface area (Å²) in [5, 5.41) is 4.68. The molecule has 0 fully saturated rings. The second-order valence-electron chi connectivity index (χ2n) is 3.55. The summed E-state index contributed by atoms with van der Waals surface area (Å²) in [4.78, 5) is 1.06. The minimum atomic E-state index is 0.620. The minimum Gasteiger partial charge on any atom is -0.319 e. The van der Waals surface area contributed by atoms with Gasteiger partial charge in [0.1, 0.15) is 0 Å². The Kier molecular flexibility index (Phi) is 5.83. The van der Waals surface area contributed by atoms with Gasteiger partial charge in [-0.15, -0.1) is 11.8 Å². The van der Waals surface area contributed by atoms with Gasteiger partial charge in [-0.05, 0) is 37.7 Å². The van der Waals surface area contributed by atoms with Crippen LogP contribution in [0.2, 0.25) is 10.0 Å². The first-order valence-electron chi connectivity index (χ1n) is 4.86. The highest BCUT2D eigenvalue weighted by molar-refractivity contribution is 7.99. The van der Waals surface area contributed by atoms with Crippen molar-refractivity contribution in [1.29, 1.82) is 0 Å². The molecular weight excluding hydrogens is 249 g/mol. The number of rotatable bonds is 5. The second kappa shape index (κ2) is 6.64. The van der Waals surface area contributed by atoms with Crippen LogP contribution in [-0.4, -0.2) is 19.3 Å². The summed E-state index contributed by atoms with van der Waals surface area (Å²) in [5.41, 5.74) is 0. The molecule has 1 atom stereocenters. The van der Waals surface area contributed by atoms with E-state index in [1.807, 2.05) is 25.2 Å². The van der Waals surface area contributed by atoms with Crippen LogP contribution in [0.15, 0.2) is 23.1 Å². The molecule has 0 spiro atoms. The van der Waals surface area contributed by atoms with Crippen LogP contribution in [0.25, 0.3) is 0 Å². The van der Waals surface area contributed by atoms with E-state index in [2.05, 4.69) is 12.2 Å². The van der Waals surface area contributed by atoms with Crippen LogP contribution in [0.5, 0.6) is 0 Å². The van der Waals surface area contributed by atoms with Crippen LogP contribution < -0.4 is 5.32 Å². The number of hydrogen-bond donors (Lipinski definition) is 1. The van der Waals surface area contributed by atoms with Crippen molar-refractivity contribution >= 4 is 35.0 Å². The van der Waals surface area contributed by atoms with E-state index in [1.54, 1.807) is 11.8 Å². The lowest BCUT2D eigenvalue weighted by Crippen LogP contribution is -2.17. The van der Waals surface area contributed by atoms with E-state index in [9.17, 15) is 0 Å². The molecule has 15 heavy (non-hydrogen) atoms. The quantitative estimate of drug-likeness (QED) is 0.808. The van der Waals surface area contributed by atoms with Crippen LogP contribution in [0.3, 0.4) is 0 Å². The van der Waals surface area contributed by atoms with Gasteiger partial charge in [0.05, 0.1) is 5.02 Å². The van der Waals surface area contributed by atoms with Gasteiger partial charge in [-0.1, -0.05) is 30.1 Å². The number of benzene rings is 1. The average molecular weight is 264 g/mol. The normalized spacial score (nSPS) is 12.8. The fraction of sp³-hybridized carbons (Fsp3) is 0.455. The lowest BCUT2D eigenvalue weighted by Gasteiger charge is -2.10. The molecule has 0 aliphatic carbocycles. The highest BCUT2D eigenvalue weighted by Crippen LogP contribution is 2.30. The molecule has 1 N–H and O–H groups in total. The monoisotopic (exact) mass is 263 g/mol. The summed E-state index contributed by atoms with van der Waals surface area (Å²) >= 11 is 13.7. The Hall–Kier alpha value is 0.110. The zero-order valence-corrected chi connectivity index (χ0v) is 11.2. The second-order valence-corrected chi connectivity index (χ2v) is 5.45. The van der Waals surface area contributed by atoms with Gasteiger partial charge in [-0.25, -0.2) is 0 Å². The summed E-state index contributed by atoms with van der Waals surface area (Å²) in [5.74, 6) is 1.66. The van der Waals surface area contributed by atoms with Gasteiger partial charge < -0.3 is 5.32 Å². The molecule has 0 aliphatic heterocycles. The summed E-state index contributed by atoms with van der Waals surface area (Å²) in [7, 11) is 1.97. The Morgan fingerprint density at radius 1 is 1.40 bits per heavy atom. The molecule has 0 saturated carbocycles. The molecule has 1 aromatic carbocycles. The van der Waals surface area contributed by atoms with E-state index in [-0.39, 0.29) is 0 Å². The van der Waals surface area contributed by atoms with Gasteiger partial charge in [0.25, 0.3) is 0 Å². The van der Waals surface area contributed by atoms with E-state index in [0.717, 1.165) is 27.2 Å².